The van der Waals surface area contributed by atoms with Gasteiger partial charge in [-0.15, -0.1) is 6.42 Å². The maximum Gasteiger partial charge on any atom is 0.338 e. The van der Waals surface area contributed by atoms with Gasteiger partial charge in [0.15, 0.2) is 11.9 Å². The standard InChI is InChI=1S/C26H32N2O3/c1-4-7-8-9-10-11-13-20-18-27-25(28-19-20)21-14-16-22(17-15-21)26(30)31-24(12-5-2)23(29)6-3/h3,14-19,24H,4-5,7-13H2,1-2H3. The number of carbonyl (C=O) groups is 2. The Balaban J connectivity index is 1.91. The average molecular weight is 421 g/mol. The van der Waals surface area contributed by atoms with Gasteiger partial charge in [-0.25, -0.2) is 14.8 Å². The number of carbonyl (C=O) groups excluding carboxylic acids is 2. The van der Waals surface area contributed by atoms with Crippen LogP contribution < -0.4 is 0 Å². The summed E-state index contributed by atoms with van der Waals surface area (Å²) < 4.78 is 5.30. The van der Waals surface area contributed by atoms with E-state index in [2.05, 4.69) is 16.9 Å². The van der Waals surface area contributed by atoms with E-state index < -0.39 is 17.9 Å². The largest absolute Gasteiger partial charge is 0.450 e. The van der Waals surface area contributed by atoms with Gasteiger partial charge in [-0.2, -0.15) is 0 Å². The van der Waals surface area contributed by atoms with Crippen LogP contribution in [0.25, 0.3) is 11.4 Å². The van der Waals surface area contributed by atoms with E-state index in [1.807, 2.05) is 25.2 Å². The molecule has 0 N–H and O–H groups in total. The molecule has 2 aromatic rings. The Hall–Kier alpha value is -3.00. The van der Waals surface area contributed by atoms with Crippen LogP contribution in [-0.4, -0.2) is 27.8 Å². The molecule has 1 aromatic heterocycles. The Labute approximate surface area is 185 Å². The fraction of sp³-hybridized carbons (Fsp3) is 0.462. The van der Waals surface area contributed by atoms with Crippen molar-refractivity contribution in [3.8, 4) is 23.7 Å². The van der Waals surface area contributed by atoms with Crippen LogP contribution in [0.15, 0.2) is 36.7 Å². The van der Waals surface area contributed by atoms with Gasteiger partial charge in [0.2, 0.25) is 5.78 Å². The summed E-state index contributed by atoms with van der Waals surface area (Å²) in [4.78, 5) is 33.0. The van der Waals surface area contributed by atoms with Crippen molar-refractivity contribution in [3.63, 3.8) is 0 Å². The molecule has 1 unspecified atom stereocenters. The van der Waals surface area contributed by atoms with E-state index in [1.165, 1.54) is 32.1 Å². The fourth-order valence-corrected chi connectivity index (χ4v) is 3.29. The highest BCUT2D eigenvalue weighted by molar-refractivity contribution is 6.00. The van der Waals surface area contributed by atoms with Crippen molar-refractivity contribution >= 4 is 11.8 Å². The summed E-state index contributed by atoms with van der Waals surface area (Å²) in [5, 5.41) is 0. The van der Waals surface area contributed by atoms with Gasteiger partial charge in [-0.05, 0) is 42.9 Å². The van der Waals surface area contributed by atoms with Gasteiger partial charge < -0.3 is 4.74 Å². The van der Waals surface area contributed by atoms with Crippen LogP contribution in [0.5, 0.6) is 0 Å². The van der Waals surface area contributed by atoms with Crippen molar-refractivity contribution in [1.82, 2.24) is 9.97 Å². The number of ether oxygens (including phenoxy) is 1. The molecule has 2 rings (SSSR count). The predicted molar refractivity (Wildman–Crippen MR) is 122 cm³/mol. The SMILES string of the molecule is C#CC(=O)C(CCC)OC(=O)c1ccc(-c2ncc(CCCCCCCC)cn2)cc1. The van der Waals surface area contributed by atoms with Gasteiger partial charge in [0, 0.05) is 18.0 Å². The maximum atomic E-state index is 12.4. The second-order valence-corrected chi connectivity index (χ2v) is 7.70. The number of hydrogen-bond donors (Lipinski definition) is 0. The van der Waals surface area contributed by atoms with Crippen LogP contribution in [0.3, 0.4) is 0 Å². The predicted octanol–water partition coefficient (Wildman–Crippen LogP) is 5.57. The van der Waals surface area contributed by atoms with Gasteiger partial charge in [-0.3, -0.25) is 4.79 Å². The molecule has 0 spiro atoms. The van der Waals surface area contributed by atoms with Crippen molar-refractivity contribution < 1.29 is 14.3 Å². The quantitative estimate of drug-likeness (QED) is 0.183. The summed E-state index contributed by atoms with van der Waals surface area (Å²) in [6, 6.07) is 6.84. The second-order valence-electron chi connectivity index (χ2n) is 7.70. The molecule has 5 nitrogen and oxygen atoms in total. The Morgan fingerprint density at radius 1 is 0.968 bits per heavy atom. The van der Waals surface area contributed by atoms with E-state index in [4.69, 9.17) is 11.2 Å². The lowest BCUT2D eigenvalue weighted by atomic mass is 10.1. The minimum absolute atomic E-state index is 0.356. The van der Waals surface area contributed by atoms with E-state index >= 15 is 0 Å². The van der Waals surface area contributed by atoms with Gasteiger partial charge >= 0.3 is 5.97 Å². The average Bonchev–Trinajstić information content (AvgIpc) is 2.81. The van der Waals surface area contributed by atoms with Crippen molar-refractivity contribution in [2.75, 3.05) is 0 Å². The lowest BCUT2D eigenvalue weighted by Gasteiger charge is -2.13. The zero-order valence-corrected chi connectivity index (χ0v) is 18.6. The topological polar surface area (TPSA) is 69.2 Å². The minimum atomic E-state index is -0.898. The zero-order chi connectivity index (χ0) is 22.5. The first-order valence-corrected chi connectivity index (χ1v) is 11.2. The Kier molecular flexibility index (Phi) is 10.4. The number of terminal acetylenes is 1. The van der Waals surface area contributed by atoms with E-state index in [9.17, 15) is 9.59 Å². The molecule has 31 heavy (non-hydrogen) atoms. The first-order chi connectivity index (χ1) is 15.1. The van der Waals surface area contributed by atoms with Gasteiger partial charge in [0.1, 0.15) is 0 Å². The monoisotopic (exact) mass is 420 g/mol. The molecule has 164 valence electrons. The molecule has 0 radical (unpaired) electrons. The summed E-state index contributed by atoms with van der Waals surface area (Å²) in [6.07, 6.45) is 17.7. The number of Topliss-reactive ketones (excluding diaryl/α,β-unsaturated/α-hetero) is 1. The van der Waals surface area contributed by atoms with Gasteiger partial charge in [0.25, 0.3) is 0 Å². The smallest absolute Gasteiger partial charge is 0.338 e. The molecule has 1 heterocycles. The zero-order valence-electron chi connectivity index (χ0n) is 18.6. The lowest BCUT2D eigenvalue weighted by molar-refractivity contribution is -0.122. The maximum absolute atomic E-state index is 12.4. The number of aryl methyl sites for hydroxylation is 1. The van der Waals surface area contributed by atoms with Gasteiger partial charge in [0.05, 0.1) is 5.56 Å². The molecule has 0 amide bonds. The van der Waals surface area contributed by atoms with Crippen LogP contribution in [0.2, 0.25) is 0 Å². The number of benzene rings is 1. The number of unbranched alkanes of at least 4 members (excludes halogenated alkanes) is 5. The summed E-state index contributed by atoms with van der Waals surface area (Å²) >= 11 is 0. The molecule has 0 fully saturated rings. The molecule has 0 saturated heterocycles. The third-order valence-corrected chi connectivity index (χ3v) is 5.14. The summed E-state index contributed by atoms with van der Waals surface area (Å²) in [5.74, 6) is 1.56. The Morgan fingerprint density at radius 2 is 1.61 bits per heavy atom. The van der Waals surface area contributed by atoms with Crippen LogP contribution in [0.1, 0.15) is 81.1 Å². The minimum Gasteiger partial charge on any atom is -0.450 e. The molecular weight excluding hydrogens is 388 g/mol. The molecule has 0 aliphatic carbocycles. The molecule has 0 aliphatic rings. The third-order valence-electron chi connectivity index (χ3n) is 5.14. The molecular formula is C26H32N2O3. The van der Waals surface area contributed by atoms with Crippen molar-refractivity contribution in [1.29, 1.82) is 0 Å². The molecule has 5 heteroatoms. The van der Waals surface area contributed by atoms with E-state index in [0.717, 1.165) is 24.0 Å². The second kappa shape index (κ2) is 13.3. The highest BCUT2D eigenvalue weighted by Crippen LogP contribution is 2.18. The van der Waals surface area contributed by atoms with E-state index in [-0.39, 0.29) is 0 Å². The van der Waals surface area contributed by atoms with Gasteiger partial charge in [-0.1, -0.05) is 64.5 Å². The van der Waals surface area contributed by atoms with E-state index in [0.29, 0.717) is 24.2 Å². The van der Waals surface area contributed by atoms with Crippen LogP contribution in [0, 0.1) is 12.3 Å². The molecule has 0 bridgehead atoms. The third kappa shape index (κ3) is 7.97. The molecule has 0 aliphatic heterocycles. The molecule has 1 atom stereocenters. The summed E-state index contributed by atoms with van der Waals surface area (Å²) in [6.45, 7) is 4.13. The summed E-state index contributed by atoms with van der Waals surface area (Å²) in [7, 11) is 0. The number of esters is 1. The fourth-order valence-electron chi connectivity index (χ4n) is 3.29. The number of nitrogens with zero attached hydrogens (tertiary/aromatic N) is 2. The Morgan fingerprint density at radius 3 is 2.23 bits per heavy atom. The lowest BCUT2D eigenvalue weighted by Crippen LogP contribution is -2.26. The molecule has 0 saturated carbocycles. The first-order valence-electron chi connectivity index (χ1n) is 11.2. The van der Waals surface area contributed by atoms with Crippen molar-refractivity contribution in [2.24, 2.45) is 0 Å². The summed E-state index contributed by atoms with van der Waals surface area (Å²) in [5.41, 5.74) is 2.31. The van der Waals surface area contributed by atoms with E-state index in [1.54, 1.807) is 24.3 Å². The van der Waals surface area contributed by atoms with Crippen LogP contribution in [0.4, 0.5) is 0 Å². The normalized spacial score (nSPS) is 11.5. The highest BCUT2D eigenvalue weighted by Gasteiger charge is 2.21. The van der Waals surface area contributed by atoms with Crippen LogP contribution in [-0.2, 0) is 16.0 Å². The Bertz CT molecular complexity index is 867. The van der Waals surface area contributed by atoms with Crippen molar-refractivity contribution in [3.05, 3.63) is 47.8 Å². The number of ketones is 1. The number of aromatic nitrogens is 2. The number of hydrogen-bond acceptors (Lipinski definition) is 5. The van der Waals surface area contributed by atoms with Crippen LogP contribution >= 0.6 is 0 Å². The number of rotatable bonds is 13. The highest BCUT2D eigenvalue weighted by atomic mass is 16.5. The first kappa shape index (κ1) is 24.3. The molecule has 1 aromatic carbocycles. The van der Waals surface area contributed by atoms with Crippen molar-refractivity contribution in [2.45, 2.75) is 77.7 Å².